The Kier molecular flexibility index (Phi) is 9.37. The topological polar surface area (TPSA) is 70.4 Å². The first-order chi connectivity index (χ1) is 9.19. The molecule has 1 saturated heterocycles. The molecule has 0 aromatic heterocycles. The molecule has 1 fully saturated rings. The number of carbonyl (C=O) groups is 1. The Balaban J connectivity index is 0.00000200. The minimum absolute atomic E-state index is 0. The number of rotatable bonds is 4. The maximum absolute atomic E-state index is 11.4. The molecule has 21 heavy (non-hydrogen) atoms. The van der Waals surface area contributed by atoms with Crippen LogP contribution in [0.15, 0.2) is 24.3 Å². The van der Waals surface area contributed by atoms with E-state index in [0.29, 0.717) is 6.04 Å². The van der Waals surface area contributed by atoms with Crippen LogP contribution in [0.4, 0.5) is 11.4 Å². The molecule has 0 saturated carbocycles. The second-order valence-electron chi connectivity index (χ2n) is 5.02. The van der Waals surface area contributed by atoms with E-state index in [2.05, 4.69) is 22.6 Å². The quantitative estimate of drug-likeness (QED) is 0.786. The Hall–Kier alpha value is -1.01. The predicted octanol–water partition coefficient (Wildman–Crippen LogP) is 1.93. The lowest BCUT2D eigenvalue weighted by molar-refractivity contribution is -0.114. The van der Waals surface area contributed by atoms with Crippen LogP contribution in [0.1, 0.15) is 12.8 Å². The van der Waals surface area contributed by atoms with E-state index >= 15 is 0 Å². The van der Waals surface area contributed by atoms with E-state index in [9.17, 15) is 4.79 Å². The predicted molar refractivity (Wildman–Crippen MR) is 92.8 cm³/mol. The third-order valence-corrected chi connectivity index (χ3v) is 3.46. The summed E-state index contributed by atoms with van der Waals surface area (Å²) in [4.78, 5) is 13.7. The molecule has 0 radical (unpaired) electrons. The number of para-hydroxylation sites is 2. The molecule has 0 unspecified atom stereocenters. The summed E-state index contributed by atoms with van der Waals surface area (Å²) in [6.45, 7) is 2.21. The third-order valence-electron chi connectivity index (χ3n) is 3.46. The van der Waals surface area contributed by atoms with Gasteiger partial charge in [0, 0.05) is 6.04 Å². The molecule has 1 aromatic carbocycles. The Bertz CT molecular complexity index is 437. The SMILES string of the molecule is CN1CCC(Nc2ccccc2NC(=O)CN)CC1.Cl.Cl. The number of benzene rings is 1. The van der Waals surface area contributed by atoms with Crippen LogP contribution < -0.4 is 16.4 Å². The monoisotopic (exact) mass is 334 g/mol. The number of anilines is 2. The molecule has 1 amide bonds. The van der Waals surface area contributed by atoms with Crippen LogP contribution in [0, 0.1) is 0 Å². The highest BCUT2D eigenvalue weighted by molar-refractivity contribution is 5.95. The fourth-order valence-corrected chi connectivity index (χ4v) is 2.29. The molecule has 1 aromatic rings. The molecule has 2 rings (SSSR count). The fourth-order valence-electron chi connectivity index (χ4n) is 2.29. The van der Waals surface area contributed by atoms with Gasteiger partial charge in [0.1, 0.15) is 0 Å². The molecule has 0 bridgehead atoms. The normalized spacial score (nSPS) is 15.5. The zero-order valence-electron chi connectivity index (χ0n) is 12.2. The summed E-state index contributed by atoms with van der Waals surface area (Å²) in [6.07, 6.45) is 2.24. The van der Waals surface area contributed by atoms with Crippen LogP contribution in [-0.4, -0.2) is 43.5 Å². The lowest BCUT2D eigenvalue weighted by Crippen LogP contribution is -2.36. The smallest absolute Gasteiger partial charge is 0.238 e. The summed E-state index contributed by atoms with van der Waals surface area (Å²) in [5.41, 5.74) is 7.11. The van der Waals surface area contributed by atoms with Gasteiger partial charge in [-0.2, -0.15) is 0 Å². The number of nitrogens with two attached hydrogens (primary N) is 1. The highest BCUT2D eigenvalue weighted by Crippen LogP contribution is 2.24. The Morgan fingerprint density at radius 3 is 2.38 bits per heavy atom. The Morgan fingerprint density at radius 1 is 1.24 bits per heavy atom. The van der Waals surface area contributed by atoms with Crippen LogP contribution in [-0.2, 0) is 4.79 Å². The van der Waals surface area contributed by atoms with E-state index < -0.39 is 0 Å². The first-order valence-electron chi connectivity index (χ1n) is 6.73. The van der Waals surface area contributed by atoms with E-state index in [-0.39, 0.29) is 37.3 Å². The number of nitrogens with zero attached hydrogens (tertiary/aromatic N) is 1. The first-order valence-corrected chi connectivity index (χ1v) is 6.73. The molecule has 7 heteroatoms. The number of likely N-dealkylation sites (tertiary alicyclic amines) is 1. The van der Waals surface area contributed by atoms with Gasteiger partial charge in [0.25, 0.3) is 0 Å². The van der Waals surface area contributed by atoms with Crippen molar-refractivity contribution >= 4 is 42.1 Å². The fraction of sp³-hybridized carbons (Fsp3) is 0.500. The van der Waals surface area contributed by atoms with Gasteiger partial charge in [-0.3, -0.25) is 4.79 Å². The number of hydrogen-bond acceptors (Lipinski definition) is 4. The number of carbonyl (C=O) groups excluding carboxylic acids is 1. The number of piperidine rings is 1. The third kappa shape index (κ3) is 6.09. The van der Waals surface area contributed by atoms with E-state index in [1.54, 1.807) is 0 Å². The van der Waals surface area contributed by atoms with Crippen LogP contribution in [0.25, 0.3) is 0 Å². The molecular formula is C14H24Cl2N4O. The second kappa shape index (κ2) is 9.84. The lowest BCUT2D eigenvalue weighted by Gasteiger charge is -2.30. The lowest BCUT2D eigenvalue weighted by atomic mass is 10.0. The molecule has 0 aliphatic carbocycles. The average molecular weight is 335 g/mol. The van der Waals surface area contributed by atoms with Gasteiger partial charge in [-0.1, -0.05) is 12.1 Å². The standard InChI is InChI=1S/C14H22N4O.2ClH/c1-18-8-6-11(7-9-18)16-12-4-2-3-5-13(12)17-14(19)10-15;;/h2-5,11,16H,6-10,15H2,1H3,(H,17,19);2*1H. The summed E-state index contributed by atoms with van der Waals surface area (Å²) >= 11 is 0. The van der Waals surface area contributed by atoms with E-state index in [1.807, 2.05) is 24.3 Å². The van der Waals surface area contributed by atoms with Crippen molar-refractivity contribution in [2.75, 3.05) is 37.3 Å². The summed E-state index contributed by atoms with van der Waals surface area (Å²) < 4.78 is 0. The number of halogens is 2. The maximum Gasteiger partial charge on any atom is 0.238 e. The van der Waals surface area contributed by atoms with E-state index in [1.165, 1.54) is 0 Å². The minimum atomic E-state index is -0.169. The number of amides is 1. The highest BCUT2D eigenvalue weighted by atomic mass is 35.5. The molecule has 1 heterocycles. The van der Waals surface area contributed by atoms with Gasteiger partial charge in [0.15, 0.2) is 0 Å². The molecular weight excluding hydrogens is 311 g/mol. The molecule has 5 nitrogen and oxygen atoms in total. The van der Waals surface area contributed by atoms with Crippen molar-refractivity contribution < 1.29 is 4.79 Å². The van der Waals surface area contributed by atoms with Gasteiger partial charge >= 0.3 is 0 Å². The number of nitrogens with one attached hydrogen (secondary N) is 2. The second-order valence-corrected chi connectivity index (χ2v) is 5.02. The minimum Gasteiger partial charge on any atom is -0.381 e. The van der Waals surface area contributed by atoms with Crippen LogP contribution >= 0.6 is 24.8 Å². The molecule has 0 atom stereocenters. The molecule has 120 valence electrons. The van der Waals surface area contributed by atoms with Crippen molar-refractivity contribution in [2.24, 2.45) is 5.73 Å². The number of hydrogen-bond donors (Lipinski definition) is 3. The zero-order valence-corrected chi connectivity index (χ0v) is 13.8. The van der Waals surface area contributed by atoms with Crippen molar-refractivity contribution in [2.45, 2.75) is 18.9 Å². The van der Waals surface area contributed by atoms with Crippen LogP contribution in [0.3, 0.4) is 0 Å². The van der Waals surface area contributed by atoms with Crippen molar-refractivity contribution in [1.29, 1.82) is 0 Å². The van der Waals surface area contributed by atoms with Gasteiger partial charge in [-0.25, -0.2) is 0 Å². The summed E-state index contributed by atoms with van der Waals surface area (Å²) in [5, 5.41) is 6.34. The maximum atomic E-state index is 11.4. The van der Waals surface area contributed by atoms with Crippen molar-refractivity contribution in [1.82, 2.24) is 4.90 Å². The highest BCUT2D eigenvalue weighted by Gasteiger charge is 2.17. The summed E-state index contributed by atoms with van der Waals surface area (Å²) in [5.74, 6) is -0.169. The molecule has 1 aliphatic heterocycles. The van der Waals surface area contributed by atoms with E-state index in [4.69, 9.17) is 5.73 Å². The van der Waals surface area contributed by atoms with E-state index in [0.717, 1.165) is 37.3 Å². The van der Waals surface area contributed by atoms with Crippen molar-refractivity contribution in [3.05, 3.63) is 24.3 Å². The van der Waals surface area contributed by atoms with Crippen LogP contribution in [0.5, 0.6) is 0 Å². The zero-order chi connectivity index (χ0) is 13.7. The molecule has 0 spiro atoms. The Morgan fingerprint density at radius 2 is 1.81 bits per heavy atom. The average Bonchev–Trinajstić information content (AvgIpc) is 2.43. The van der Waals surface area contributed by atoms with Gasteiger partial charge in [-0.05, 0) is 45.1 Å². The van der Waals surface area contributed by atoms with Gasteiger partial charge in [-0.15, -0.1) is 24.8 Å². The van der Waals surface area contributed by atoms with Crippen LogP contribution in [0.2, 0.25) is 0 Å². The summed E-state index contributed by atoms with van der Waals surface area (Å²) in [6, 6.07) is 8.23. The molecule has 4 N–H and O–H groups in total. The van der Waals surface area contributed by atoms with Crippen molar-refractivity contribution in [3.8, 4) is 0 Å². The van der Waals surface area contributed by atoms with Crippen molar-refractivity contribution in [3.63, 3.8) is 0 Å². The Labute approximate surface area is 138 Å². The molecule has 1 aliphatic rings. The largest absolute Gasteiger partial charge is 0.381 e. The summed E-state index contributed by atoms with van der Waals surface area (Å²) in [7, 11) is 2.14. The van der Waals surface area contributed by atoms with Gasteiger partial charge in [0.05, 0.1) is 17.9 Å². The first kappa shape index (κ1) is 20.0. The van der Waals surface area contributed by atoms with Gasteiger partial charge in [0.2, 0.25) is 5.91 Å². The van der Waals surface area contributed by atoms with Gasteiger partial charge < -0.3 is 21.3 Å².